The predicted octanol–water partition coefficient (Wildman–Crippen LogP) is 2.65. The fourth-order valence-corrected chi connectivity index (χ4v) is 2.00. The van der Waals surface area contributed by atoms with E-state index in [1.165, 1.54) is 0 Å². The van der Waals surface area contributed by atoms with Gasteiger partial charge in [-0.2, -0.15) is 0 Å². The van der Waals surface area contributed by atoms with E-state index < -0.39 is 0 Å². The zero-order valence-electron chi connectivity index (χ0n) is 9.97. The second kappa shape index (κ2) is 4.63. The minimum Gasteiger partial charge on any atom is -0.507 e. The van der Waals surface area contributed by atoms with Gasteiger partial charge in [-0.15, -0.1) is 0 Å². The van der Waals surface area contributed by atoms with Crippen molar-refractivity contribution in [3.8, 4) is 11.5 Å². The van der Waals surface area contributed by atoms with E-state index in [-0.39, 0.29) is 18.3 Å². The lowest BCUT2D eigenvalue weighted by molar-refractivity contribution is 0.270. The Morgan fingerprint density at radius 1 is 1.18 bits per heavy atom. The van der Waals surface area contributed by atoms with Crippen molar-refractivity contribution in [2.45, 2.75) is 12.8 Å². The number of ether oxygens (including phenoxy) is 1. The molecule has 0 saturated heterocycles. The molecule has 1 atom stereocenters. The Labute approximate surface area is 100 Å². The van der Waals surface area contributed by atoms with E-state index in [0.29, 0.717) is 0 Å². The van der Waals surface area contributed by atoms with Gasteiger partial charge in [0.1, 0.15) is 11.5 Å². The van der Waals surface area contributed by atoms with Crippen LogP contribution in [0, 0.1) is 0 Å². The Hall–Kier alpha value is -1.74. The van der Waals surface area contributed by atoms with Crippen LogP contribution in [-0.2, 0) is 0 Å². The summed E-state index contributed by atoms with van der Waals surface area (Å²) in [5, 5.41) is 21.0. The minimum atomic E-state index is -0.0781. The molecule has 3 nitrogen and oxygen atoms in total. The van der Waals surface area contributed by atoms with Crippen molar-refractivity contribution in [3.63, 3.8) is 0 Å². The number of rotatable bonds is 3. The molecule has 3 heteroatoms. The number of hydrogen-bond donors (Lipinski definition) is 2. The fourth-order valence-electron chi connectivity index (χ4n) is 2.00. The Morgan fingerprint density at radius 3 is 2.59 bits per heavy atom. The summed E-state index contributed by atoms with van der Waals surface area (Å²) in [5.41, 5.74) is 0.758. The summed E-state index contributed by atoms with van der Waals surface area (Å²) in [6, 6.07) is 9.29. The highest BCUT2D eigenvalue weighted by molar-refractivity contribution is 5.94. The van der Waals surface area contributed by atoms with Crippen LogP contribution in [0.25, 0.3) is 10.8 Å². The van der Waals surface area contributed by atoms with E-state index in [0.717, 1.165) is 22.1 Å². The first-order valence-electron chi connectivity index (χ1n) is 5.58. The molecule has 0 aliphatic carbocycles. The van der Waals surface area contributed by atoms with Gasteiger partial charge in [0.2, 0.25) is 0 Å². The number of phenolic OH excluding ortho intramolecular Hbond substituents is 1. The van der Waals surface area contributed by atoms with E-state index in [9.17, 15) is 5.11 Å². The topological polar surface area (TPSA) is 49.7 Å². The maximum Gasteiger partial charge on any atom is 0.127 e. The number of hydrogen-bond acceptors (Lipinski definition) is 3. The summed E-state index contributed by atoms with van der Waals surface area (Å²) >= 11 is 0. The summed E-state index contributed by atoms with van der Waals surface area (Å²) < 4.78 is 5.25. The quantitative estimate of drug-likeness (QED) is 0.855. The summed E-state index contributed by atoms with van der Waals surface area (Å²) in [7, 11) is 1.61. The summed E-state index contributed by atoms with van der Waals surface area (Å²) in [4.78, 5) is 0. The van der Waals surface area contributed by atoms with Crippen molar-refractivity contribution in [2.75, 3.05) is 13.7 Å². The van der Waals surface area contributed by atoms with E-state index in [4.69, 9.17) is 9.84 Å². The Bertz CT molecular complexity index is 534. The summed E-state index contributed by atoms with van der Waals surface area (Å²) in [6.07, 6.45) is 0. The number of phenols is 1. The van der Waals surface area contributed by atoms with Crippen LogP contribution in [0.3, 0.4) is 0 Å². The highest BCUT2D eigenvalue weighted by Crippen LogP contribution is 2.36. The molecule has 2 aromatic rings. The van der Waals surface area contributed by atoms with Gasteiger partial charge in [0.05, 0.1) is 7.11 Å². The Morgan fingerprint density at radius 2 is 1.94 bits per heavy atom. The molecule has 2 rings (SSSR count). The first-order valence-corrected chi connectivity index (χ1v) is 5.58. The Kier molecular flexibility index (Phi) is 3.20. The lowest BCUT2D eigenvalue weighted by atomic mass is 9.96. The van der Waals surface area contributed by atoms with Gasteiger partial charge >= 0.3 is 0 Å². The first-order chi connectivity index (χ1) is 8.19. The predicted molar refractivity (Wildman–Crippen MR) is 67.7 cm³/mol. The third-order valence-corrected chi connectivity index (χ3v) is 3.05. The van der Waals surface area contributed by atoms with Crippen LogP contribution in [0.1, 0.15) is 18.4 Å². The van der Waals surface area contributed by atoms with Gasteiger partial charge in [-0.05, 0) is 11.6 Å². The SMILES string of the molecule is COc1cccc2c(O)c(C(C)CO)ccc12. The van der Waals surface area contributed by atoms with E-state index in [1.807, 2.05) is 37.3 Å². The van der Waals surface area contributed by atoms with Crippen LogP contribution < -0.4 is 4.74 Å². The molecule has 2 aromatic carbocycles. The lowest BCUT2D eigenvalue weighted by Crippen LogP contribution is -1.99. The zero-order valence-corrected chi connectivity index (χ0v) is 9.97. The highest BCUT2D eigenvalue weighted by atomic mass is 16.5. The molecule has 17 heavy (non-hydrogen) atoms. The smallest absolute Gasteiger partial charge is 0.127 e. The summed E-state index contributed by atoms with van der Waals surface area (Å²) in [6.45, 7) is 1.89. The van der Waals surface area contributed by atoms with E-state index in [2.05, 4.69) is 0 Å². The van der Waals surface area contributed by atoms with E-state index in [1.54, 1.807) is 7.11 Å². The highest BCUT2D eigenvalue weighted by Gasteiger charge is 2.13. The van der Waals surface area contributed by atoms with Crippen molar-refractivity contribution in [3.05, 3.63) is 35.9 Å². The standard InChI is InChI=1S/C14H16O3/c1-9(8-15)10-6-7-11-12(14(10)16)4-3-5-13(11)17-2/h3-7,9,15-16H,8H2,1-2H3. The number of aromatic hydroxyl groups is 1. The van der Waals surface area contributed by atoms with Crippen LogP contribution in [0.2, 0.25) is 0 Å². The normalized spacial score (nSPS) is 12.6. The van der Waals surface area contributed by atoms with Crippen molar-refractivity contribution in [2.24, 2.45) is 0 Å². The number of fused-ring (bicyclic) bond motifs is 1. The van der Waals surface area contributed by atoms with Crippen molar-refractivity contribution in [1.82, 2.24) is 0 Å². The molecule has 0 aromatic heterocycles. The van der Waals surface area contributed by atoms with Crippen molar-refractivity contribution >= 4 is 10.8 Å². The first kappa shape index (κ1) is 11.7. The zero-order chi connectivity index (χ0) is 12.4. The average Bonchev–Trinajstić information content (AvgIpc) is 2.38. The lowest BCUT2D eigenvalue weighted by Gasteiger charge is -2.14. The number of methoxy groups -OCH3 is 1. The monoisotopic (exact) mass is 232 g/mol. The number of aliphatic hydroxyl groups is 1. The molecule has 0 aliphatic heterocycles. The van der Waals surface area contributed by atoms with Gasteiger partial charge < -0.3 is 14.9 Å². The second-order valence-electron chi connectivity index (χ2n) is 4.14. The van der Waals surface area contributed by atoms with Gasteiger partial charge in [0, 0.05) is 23.3 Å². The van der Waals surface area contributed by atoms with E-state index >= 15 is 0 Å². The molecule has 0 heterocycles. The molecule has 0 aliphatic rings. The van der Waals surface area contributed by atoms with Gasteiger partial charge in [-0.1, -0.05) is 31.2 Å². The average molecular weight is 232 g/mol. The van der Waals surface area contributed by atoms with Crippen molar-refractivity contribution in [1.29, 1.82) is 0 Å². The maximum atomic E-state index is 10.2. The van der Waals surface area contributed by atoms with Crippen LogP contribution in [0.5, 0.6) is 11.5 Å². The molecule has 0 spiro atoms. The number of aliphatic hydroxyl groups excluding tert-OH is 1. The molecular formula is C14H16O3. The fraction of sp³-hybridized carbons (Fsp3) is 0.286. The second-order valence-corrected chi connectivity index (χ2v) is 4.14. The molecule has 0 amide bonds. The molecule has 90 valence electrons. The van der Waals surface area contributed by atoms with Crippen LogP contribution in [0.15, 0.2) is 30.3 Å². The van der Waals surface area contributed by atoms with Gasteiger partial charge in [-0.25, -0.2) is 0 Å². The molecule has 0 fully saturated rings. The summed E-state index contributed by atoms with van der Waals surface area (Å²) in [5.74, 6) is 0.884. The number of benzene rings is 2. The molecule has 0 saturated carbocycles. The molecule has 2 N–H and O–H groups in total. The third kappa shape index (κ3) is 1.94. The van der Waals surface area contributed by atoms with Gasteiger partial charge in [-0.3, -0.25) is 0 Å². The third-order valence-electron chi connectivity index (χ3n) is 3.05. The van der Waals surface area contributed by atoms with Gasteiger partial charge in [0.25, 0.3) is 0 Å². The Balaban J connectivity index is 2.68. The largest absolute Gasteiger partial charge is 0.507 e. The van der Waals surface area contributed by atoms with Crippen LogP contribution in [0.4, 0.5) is 0 Å². The van der Waals surface area contributed by atoms with Crippen LogP contribution in [-0.4, -0.2) is 23.9 Å². The van der Waals surface area contributed by atoms with Crippen LogP contribution >= 0.6 is 0 Å². The molecule has 1 unspecified atom stereocenters. The van der Waals surface area contributed by atoms with Gasteiger partial charge in [0.15, 0.2) is 0 Å². The van der Waals surface area contributed by atoms with Crippen molar-refractivity contribution < 1.29 is 14.9 Å². The molecule has 0 bridgehead atoms. The maximum absolute atomic E-state index is 10.2. The minimum absolute atomic E-state index is 0.0169. The molecular weight excluding hydrogens is 216 g/mol. The molecule has 0 radical (unpaired) electrons.